The molecule has 0 radical (unpaired) electrons. The highest BCUT2D eigenvalue weighted by Gasteiger charge is 2.13. The van der Waals surface area contributed by atoms with Gasteiger partial charge in [0.2, 0.25) is 5.91 Å². The van der Waals surface area contributed by atoms with Crippen LogP contribution in [-0.2, 0) is 4.79 Å². The summed E-state index contributed by atoms with van der Waals surface area (Å²) in [5.74, 6) is 0.295. The van der Waals surface area contributed by atoms with E-state index in [2.05, 4.69) is 5.32 Å². The van der Waals surface area contributed by atoms with E-state index in [-0.39, 0.29) is 12.3 Å². The lowest BCUT2D eigenvalue weighted by Crippen LogP contribution is -2.15. The van der Waals surface area contributed by atoms with E-state index < -0.39 is 6.10 Å². The van der Waals surface area contributed by atoms with E-state index >= 15 is 0 Å². The highest BCUT2D eigenvalue weighted by Crippen LogP contribution is 2.28. The summed E-state index contributed by atoms with van der Waals surface area (Å²) < 4.78 is 5.33. The molecule has 1 unspecified atom stereocenters. The molecule has 0 saturated carbocycles. The predicted octanol–water partition coefficient (Wildman–Crippen LogP) is 3.80. The zero-order valence-electron chi connectivity index (χ0n) is 12.3. The van der Waals surface area contributed by atoms with Gasteiger partial charge in [0.25, 0.3) is 0 Å². The molecule has 22 heavy (non-hydrogen) atoms. The quantitative estimate of drug-likeness (QED) is 0.851. The molecule has 1 atom stereocenters. The molecule has 116 valence electrons. The van der Waals surface area contributed by atoms with E-state index in [1.807, 2.05) is 25.1 Å². The Bertz CT molecular complexity index is 631. The SMILES string of the molecule is CCOc1ccc(NC(=O)CC(O)c2ccccc2)cc1Cl. The van der Waals surface area contributed by atoms with Crippen molar-refractivity contribution in [3.63, 3.8) is 0 Å². The van der Waals surface area contributed by atoms with Crippen LogP contribution in [0.15, 0.2) is 48.5 Å². The first-order chi connectivity index (χ1) is 10.6. The number of aliphatic hydroxyl groups excluding tert-OH is 1. The van der Waals surface area contributed by atoms with E-state index in [0.29, 0.717) is 28.6 Å². The van der Waals surface area contributed by atoms with Crippen LogP contribution in [0.25, 0.3) is 0 Å². The first kappa shape index (κ1) is 16.3. The van der Waals surface area contributed by atoms with Crippen molar-refractivity contribution in [3.05, 3.63) is 59.1 Å². The molecule has 5 heteroatoms. The fourth-order valence-corrected chi connectivity index (χ4v) is 2.27. The van der Waals surface area contributed by atoms with Crippen molar-refractivity contribution in [1.29, 1.82) is 0 Å². The smallest absolute Gasteiger partial charge is 0.227 e. The number of aliphatic hydroxyl groups is 1. The Morgan fingerprint density at radius 3 is 2.64 bits per heavy atom. The summed E-state index contributed by atoms with van der Waals surface area (Å²) in [5, 5.41) is 13.2. The number of carbonyl (C=O) groups is 1. The third kappa shape index (κ3) is 4.48. The van der Waals surface area contributed by atoms with Gasteiger partial charge in [-0.15, -0.1) is 0 Å². The Balaban J connectivity index is 1.96. The summed E-state index contributed by atoms with van der Waals surface area (Å²) in [5.41, 5.74) is 1.28. The minimum Gasteiger partial charge on any atom is -0.492 e. The standard InChI is InChI=1S/C17H18ClNO3/c1-2-22-16-9-8-13(10-14(16)18)19-17(21)11-15(20)12-6-4-3-5-7-12/h3-10,15,20H,2,11H2,1H3,(H,19,21). The zero-order valence-corrected chi connectivity index (χ0v) is 13.0. The predicted molar refractivity (Wildman–Crippen MR) is 87.3 cm³/mol. The molecule has 1 amide bonds. The number of benzene rings is 2. The third-order valence-corrected chi connectivity index (χ3v) is 3.37. The third-order valence-electron chi connectivity index (χ3n) is 3.08. The lowest BCUT2D eigenvalue weighted by molar-refractivity contribution is -0.118. The molecular weight excluding hydrogens is 302 g/mol. The number of carbonyl (C=O) groups excluding carboxylic acids is 1. The van der Waals surface area contributed by atoms with Crippen LogP contribution in [0, 0.1) is 0 Å². The van der Waals surface area contributed by atoms with Gasteiger partial charge in [0.15, 0.2) is 0 Å². The second-order valence-electron chi connectivity index (χ2n) is 4.76. The van der Waals surface area contributed by atoms with Gasteiger partial charge in [0.05, 0.1) is 24.2 Å². The summed E-state index contributed by atoms with van der Waals surface area (Å²) in [7, 11) is 0. The van der Waals surface area contributed by atoms with Gasteiger partial charge in [0, 0.05) is 5.69 Å². The lowest BCUT2D eigenvalue weighted by atomic mass is 10.1. The number of nitrogens with one attached hydrogen (secondary N) is 1. The average molecular weight is 320 g/mol. The molecule has 2 aromatic rings. The second-order valence-corrected chi connectivity index (χ2v) is 5.16. The van der Waals surface area contributed by atoms with Crippen molar-refractivity contribution in [2.24, 2.45) is 0 Å². The lowest BCUT2D eigenvalue weighted by Gasteiger charge is -2.12. The van der Waals surface area contributed by atoms with Gasteiger partial charge in [0.1, 0.15) is 5.75 Å². The monoisotopic (exact) mass is 319 g/mol. The van der Waals surface area contributed by atoms with Crippen molar-refractivity contribution in [1.82, 2.24) is 0 Å². The Kier molecular flexibility index (Phi) is 5.81. The summed E-state index contributed by atoms with van der Waals surface area (Å²) in [6.45, 7) is 2.39. The summed E-state index contributed by atoms with van der Waals surface area (Å²) in [6, 6.07) is 14.1. The number of ether oxygens (including phenoxy) is 1. The number of halogens is 1. The minimum absolute atomic E-state index is 0.0190. The highest BCUT2D eigenvalue weighted by molar-refractivity contribution is 6.32. The first-order valence-electron chi connectivity index (χ1n) is 7.05. The maximum atomic E-state index is 12.0. The number of hydrogen-bond donors (Lipinski definition) is 2. The van der Waals surface area contributed by atoms with Crippen LogP contribution in [0.2, 0.25) is 5.02 Å². The molecule has 2 aromatic carbocycles. The van der Waals surface area contributed by atoms with E-state index in [9.17, 15) is 9.90 Å². The van der Waals surface area contributed by atoms with E-state index in [0.717, 1.165) is 0 Å². The van der Waals surface area contributed by atoms with Crippen LogP contribution in [-0.4, -0.2) is 17.6 Å². The normalized spacial score (nSPS) is 11.8. The summed E-state index contributed by atoms with van der Waals surface area (Å²) in [6.07, 6.45) is -0.853. The molecule has 2 N–H and O–H groups in total. The maximum absolute atomic E-state index is 12.0. The molecule has 4 nitrogen and oxygen atoms in total. The van der Waals surface area contributed by atoms with Crippen LogP contribution >= 0.6 is 11.6 Å². The second kappa shape index (κ2) is 7.82. The number of hydrogen-bond acceptors (Lipinski definition) is 3. The van der Waals surface area contributed by atoms with Crippen LogP contribution in [0.5, 0.6) is 5.75 Å². The zero-order chi connectivity index (χ0) is 15.9. The van der Waals surface area contributed by atoms with Crippen molar-refractivity contribution in [2.75, 3.05) is 11.9 Å². The fourth-order valence-electron chi connectivity index (χ4n) is 2.03. The maximum Gasteiger partial charge on any atom is 0.227 e. The van der Waals surface area contributed by atoms with Gasteiger partial charge < -0.3 is 15.2 Å². The summed E-state index contributed by atoms with van der Waals surface area (Å²) >= 11 is 6.07. The molecule has 0 aliphatic heterocycles. The largest absolute Gasteiger partial charge is 0.492 e. The molecule has 0 aromatic heterocycles. The number of amides is 1. The first-order valence-corrected chi connectivity index (χ1v) is 7.43. The molecule has 0 aliphatic carbocycles. The summed E-state index contributed by atoms with van der Waals surface area (Å²) in [4.78, 5) is 12.0. The molecular formula is C17H18ClNO3. The van der Waals surface area contributed by atoms with Crippen LogP contribution in [0.1, 0.15) is 25.0 Å². The van der Waals surface area contributed by atoms with Gasteiger partial charge in [-0.1, -0.05) is 41.9 Å². The van der Waals surface area contributed by atoms with Gasteiger partial charge >= 0.3 is 0 Å². The topological polar surface area (TPSA) is 58.6 Å². The van der Waals surface area contributed by atoms with Gasteiger partial charge in [-0.05, 0) is 30.7 Å². The Labute approximate surface area is 134 Å². The van der Waals surface area contributed by atoms with Gasteiger partial charge in [-0.3, -0.25) is 4.79 Å². The minimum atomic E-state index is -0.834. The number of rotatable bonds is 6. The Morgan fingerprint density at radius 2 is 2.00 bits per heavy atom. The van der Waals surface area contributed by atoms with Crippen molar-refractivity contribution in [3.8, 4) is 5.75 Å². The molecule has 0 aliphatic rings. The van der Waals surface area contributed by atoms with Crippen molar-refractivity contribution >= 4 is 23.2 Å². The van der Waals surface area contributed by atoms with Crippen LogP contribution in [0.4, 0.5) is 5.69 Å². The molecule has 0 saturated heterocycles. The van der Waals surface area contributed by atoms with Crippen LogP contribution in [0.3, 0.4) is 0 Å². The number of anilines is 1. The van der Waals surface area contributed by atoms with Crippen molar-refractivity contribution in [2.45, 2.75) is 19.4 Å². The molecule has 0 heterocycles. The Hall–Kier alpha value is -2.04. The highest BCUT2D eigenvalue weighted by atomic mass is 35.5. The fraction of sp³-hybridized carbons (Fsp3) is 0.235. The van der Waals surface area contributed by atoms with Gasteiger partial charge in [-0.25, -0.2) is 0 Å². The molecule has 0 bridgehead atoms. The van der Waals surface area contributed by atoms with E-state index in [4.69, 9.17) is 16.3 Å². The van der Waals surface area contributed by atoms with E-state index in [1.165, 1.54) is 0 Å². The molecule has 2 rings (SSSR count). The van der Waals surface area contributed by atoms with E-state index in [1.54, 1.807) is 30.3 Å². The average Bonchev–Trinajstić information content (AvgIpc) is 2.51. The molecule has 0 fully saturated rings. The van der Waals surface area contributed by atoms with Gasteiger partial charge in [-0.2, -0.15) is 0 Å². The van der Waals surface area contributed by atoms with Crippen LogP contribution < -0.4 is 10.1 Å². The Morgan fingerprint density at radius 1 is 1.27 bits per heavy atom. The molecule has 0 spiro atoms. The van der Waals surface area contributed by atoms with Crippen molar-refractivity contribution < 1.29 is 14.6 Å².